The second kappa shape index (κ2) is 8.64. The molecule has 0 unspecified atom stereocenters. The van der Waals surface area contributed by atoms with Crippen molar-refractivity contribution in [3.8, 4) is 17.1 Å². The number of ether oxygens (including phenoxy) is 1. The van der Waals surface area contributed by atoms with E-state index in [4.69, 9.17) is 33.1 Å². The van der Waals surface area contributed by atoms with Crippen molar-refractivity contribution in [2.45, 2.75) is 13.5 Å². The van der Waals surface area contributed by atoms with Gasteiger partial charge >= 0.3 is 0 Å². The lowest BCUT2D eigenvalue weighted by Crippen LogP contribution is -2.27. The predicted molar refractivity (Wildman–Crippen MR) is 105 cm³/mol. The van der Waals surface area contributed by atoms with Crippen LogP contribution in [0.5, 0.6) is 5.75 Å². The smallest absolute Gasteiger partial charge is 0.246 e. The maximum absolute atomic E-state index is 5.98. The molecule has 0 aliphatic heterocycles. The van der Waals surface area contributed by atoms with Crippen molar-refractivity contribution >= 4 is 34.6 Å². The number of hydrogen-bond donors (Lipinski definition) is 2. The standard InChI is InChI=1S/C18H17ClN4O2S/c1-2-24-15-8-6-14(7-9-15)21-18(26)20-11-16-22-17(23-25-16)12-4-3-5-13(19)10-12/h3-10H,2,11H2,1H3,(H2,20,21,26). The lowest BCUT2D eigenvalue weighted by molar-refractivity contribution is 0.340. The molecule has 1 aromatic heterocycles. The summed E-state index contributed by atoms with van der Waals surface area (Å²) in [5.41, 5.74) is 1.65. The molecule has 0 saturated heterocycles. The molecule has 1 heterocycles. The van der Waals surface area contributed by atoms with Crippen LogP contribution in [0.1, 0.15) is 12.8 Å². The van der Waals surface area contributed by atoms with E-state index in [1.54, 1.807) is 12.1 Å². The highest BCUT2D eigenvalue weighted by atomic mass is 35.5. The van der Waals surface area contributed by atoms with Crippen molar-refractivity contribution < 1.29 is 9.26 Å². The molecule has 0 atom stereocenters. The van der Waals surface area contributed by atoms with Crippen LogP contribution in [0, 0.1) is 0 Å². The number of nitrogens with zero attached hydrogens (tertiary/aromatic N) is 2. The Labute approximate surface area is 161 Å². The maximum atomic E-state index is 5.98. The molecule has 26 heavy (non-hydrogen) atoms. The summed E-state index contributed by atoms with van der Waals surface area (Å²) >= 11 is 11.3. The lowest BCUT2D eigenvalue weighted by atomic mass is 10.2. The largest absolute Gasteiger partial charge is 0.494 e. The molecule has 3 aromatic rings. The highest BCUT2D eigenvalue weighted by molar-refractivity contribution is 7.80. The first-order chi connectivity index (χ1) is 12.6. The molecular formula is C18H17ClN4O2S. The number of benzene rings is 2. The molecule has 0 fully saturated rings. The monoisotopic (exact) mass is 388 g/mol. The summed E-state index contributed by atoms with van der Waals surface area (Å²) in [7, 11) is 0. The molecule has 0 aliphatic rings. The fourth-order valence-corrected chi connectivity index (χ4v) is 2.58. The number of hydrogen-bond acceptors (Lipinski definition) is 5. The van der Waals surface area contributed by atoms with Crippen molar-refractivity contribution in [2.24, 2.45) is 0 Å². The number of thiocarbonyl (C=S) groups is 1. The van der Waals surface area contributed by atoms with Crippen molar-refractivity contribution in [3.63, 3.8) is 0 Å². The van der Waals surface area contributed by atoms with Crippen molar-refractivity contribution in [1.29, 1.82) is 0 Å². The lowest BCUT2D eigenvalue weighted by Gasteiger charge is -2.09. The van der Waals surface area contributed by atoms with Crippen LogP contribution in [0.4, 0.5) is 5.69 Å². The third kappa shape index (κ3) is 4.93. The average Bonchev–Trinajstić information content (AvgIpc) is 3.11. The van der Waals surface area contributed by atoms with Gasteiger partial charge in [0.1, 0.15) is 5.75 Å². The van der Waals surface area contributed by atoms with Crippen LogP contribution in [-0.2, 0) is 6.54 Å². The van der Waals surface area contributed by atoms with Crippen molar-refractivity contribution in [3.05, 3.63) is 59.4 Å². The minimum absolute atomic E-state index is 0.316. The Bertz CT molecular complexity index is 883. The third-order valence-electron chi connectivity index (χ3n) is 3.37. The Morgan fingerprint density at radius 1 is 1.23 bits per heavy atom. The van der Waals surface area contributed by atoms with Crippen LogP contribution in [0.2, 0.25) is 5.02 Å². The maximum Gasteiger partial charge on any atom is 0.246 e. The quantitative estimate of drug-likeness (QED) is 0.610. The predicted octanol–water partition coefficient (Wildman–Crippen LogP) is 4.28. The molecule has 0 radical (unpaired) electrons. The molecule has 0 saturated carbocycles. The van der Waals surface area contributed by atoms with E-state index in [0.29, 0.717) is 35.0 Å². The van der Waals surface area contributed by atoms with Gasteiger partial charge in [-0.15, -0.1) is 0 Å². The molecule has 0 bridgehead atoms. The minimum Gasteiger partial charge on any atom is -0.494 e. The molecule has 0 aliphatic carbocycles. The van der Waals surface area contributed by atoms with Gasteiger partial charge in [0.05, 0.1) is 13.2 Å². The Hall–Kier alpha value is -2.64. The van der Waals surface area contributed by atoms with E-state index in [1.165, 1.54) is 0 Å². The van der Waals surface area contributed by atoms with Gasteiger partial charge in [-0.3, -0.25) is 0 Å². The van der Waals surface area contributed by atoms with Crippen molar-refractivity contribution in [2.75, 3.05) is 11.9 Å². The zero-order valence-corrected chi connectivity index (χ0v) is 15.6. The fourth-order valence-electron chi connectivity index (χ4n) is 2.20. The van der Waals surface area contributed by atoms with Crippen molar-refractivity contribution in [1.82, 2.24) is 15.5 Å². The van der Waals surface area contributed by atoms with E-state index in [0.717, 1.165) is 17.0 Å². The van der Waals surface area contributed by atoms with Gasteiger partial charge in [-0.2, -0.15) is 4.98 Å². The van der Waals surface area contributed by atoms with Crippen LogP contribution in [0.25, 0.3) is 11.4 Å². The summed E-state index contributed by atoms with van der Waals surface area (Å²) in [5.74, 6) is 1.72. The van der Waals surface area contributed by atoms with E-state index in [9.17, 15) is 0 Å². The highest BCUT2D eigenvalue weighted by Gasteiger charge is 2.09. The van der Waals surface area contributed by atoms with Gasteiger partial charge in [0.2, 0.25) is 11.7 Å². The fraction of sp³-hybridized carbons (Fsp3) is 0.167. The first kappa shape index (κ1) is 18.2. The zero-order chi connectivity index (χ0) is 18.4. The highest BCUT2D eigenvalue weighted by Crippen LogP contribution is 2.20. The molecule has 2 aromatic carbocycles. The van der Waals surface area contributed by atoms with E-state index >= 15 is 0 Å². The topological polar surface area (TPSA) is 72.2 Å². The van der Waals surface area contributed by atoms with Gasteiger partial charge < -0.3 is 19.9 Å². The van der Waals surface area contributed by atoms with E-state index in [-0.39, 0.29) is 0 Å². The molecule has 2 N–H and O–H groups in total. The molecule has 0 amide bonds. The first-order valence-electron chi connectivity index (χ1n) is 8.00. The van der Waals surface area contributed by atoms with Gasteiger partial charge in [-0.05, 0) is 55.5 Å². The summed E-state index contributed by atoms with van der Waals surface area (Å²) in [6.45, 7) is 2.89. The van der Waals surface area contributed by atoms with Gasteiger partial charge in [-0.25, -0.2) is 0 Å². The number of nitrogens with one attached hydrogen (secondary N) is 2. The summed E-state index contributed by atoms with van der Waals surface area (Å²) in [6, 6.07) is 14.8. The average molecular weight is 389 g/mol. The van der Waals surface area contributed by atoms with E-state index in [2.05, 4.69) is 20.8 Å². The van der Waals surface area contributed by atoms with Gasteiger partial charge in [-0.1, -0.05) is 28.9 Å². The molecule has 134 valence electrons. The van der Waals surface area contributed by atoms with Crippen LogP contribution < -0.4 is 15.4 Å². The van der Waals surface area contributed by atoms with Crippen LogP contribution in [0.15, 0.2) is 53.1 Å². The molecule has 6 nitrogen and oxygen atoms in total. The number of halogens is 1. The summed E-state index contributed by atoms with van der Waals surface area (Å²) in [4.78, 5) is 4.33. The second-order valence-corrected chi connectivity index (χ2v) is 6.13. The summed E-state index contributed by atoms with van der Waals surface area (Å²) in [6.07, 6.45) is 0. The molecular weight excluding hydrogens is 372 g/mol. The van der Waals surface area contributed by atoms with E-state index in [1.807, 2.05) is 43.3 Å². The molecule has 0 spiro atoms. The number of rotatable bonds is 6. The Kier molecular flexibility index (Phi) is 6.04. The van der Waals surface area contributed by atoms with Gasteiger partial charge in [0.15, 0.2) is 5.11 Å². The van der Waals surface area contributed by atoms with Gasteiger partial charge in [0.25, 0.3) is 0 Å². The Morgan fingerprint density at radius 2 is 2.04 bits per heavy atom. The third-order valence-corrected chi connectivity index (χ3v) is 3.86. The summed E-state index contributed by atoms with van der Waals surface area (Å²) < 4.78 is 10.6. The normalized spacial score (nSPS) is 10.4. The Balaban J connectivity index is 1.53. The summed E-state index contributed by atoms with van der Waals surface area (Å²) in [5, 5.41) is 11.1. The molecule has 8 heteroatoms. The van der Waals surface area contributed by atoms with Gasteiger partial charge in [0, 0.05) is 16.3 Å². The second-order valence-electron chi connectivity index (χ2n) is 5.29. The zero-order valence-electron chi connectivity index (χ0n) is 14.0. The van der Waals surface area contributed by atoms with E-state index < -0.39 is 0 Å². The minimum atomic E-state index is 0.316. The van der Waals surface area contributed by atoms with Crippen LogP contribution in [-0.4, -0.2) is 21.9 Å². The first-order valence-corrected chi connectivity index (χ1v) is 8.79. The molecule has 3 rings (SSSR count). The van der Waals surface area contributed by atoms with Crippen LogP contribution >= 0.6 is 23.8 Å². The SMILES string of the molecule is CCOc1ccc(NC(=S)NCc2nc(-c3cccc(Cl)c3)no2)cc1. The number of anilines is 1. The number of aromatic nitrogens is 2. The van der Waals surface area contributed by atoms with Crippen LogP contribution in [0.3, 0.4) is 0 Å². The Morgan fingerprint density at radius 3 is 2.77 bits per heavy atom.